The van der Waals surface area contributed by atoms with Gasteiger partial charge in [-0.25, -0.2) is 0 Å². The summed E-state index contributed by atoms with van der Waals surface area (Å²) in [5.41, 5.74) is 2.89. The fourth-order valence-corrected chi connectivity index (χ4v) is 2.67. The third-order valence-corrected chi connectivity index (χ3v) is 4.28. The first-order valence-electron chi connectivity index (χ1n) is 9.35. The summed E-state index contributed by atoms with van der Waals surface area (Å²) in [6.07, 6.45) is -0.715. The highest BCUT2D eigenvalue weighted by Crippen LogP contribution is 2.28. The normalized spacial score (nSPS) is 11.6. The number of ether oxygens (including phenoxy) is 1. The van der Waals surface area contributed by atoms with Gasteiger partial charge in [0, 0.05) is 11.3 Å². The average Bonchev–Trinajstić information content (AvgIpc) is 2.66. The van der Waals surface area contributed by atoms with E-state index in [0.717, 1.165) is 11.1 Å². The number of benzene rings is 2. The third-order valence-electron chi connectivity index (χ3n) is 4.28. The van der Waals surface area contributed by atoms with Gasteiger partial charge in [0.25, 0.3) is 11.8 Å². The van der Waals surface area contributed by atoms with Crippen molar-refractivity contribution in [3.63, 3.8) is 0 Å². The summed E-state index contributed by atoms with van der Waals surface area (Å²) in [4.78, 5) is 34.8. The van der Waals surface area contributed by atoms with Crippen LogP contribution in [-0.2, 0) is 9.59 Å². The lowest BCUT2D eigenvalue weighted by Gasteiger charge is -2.19. The van der Waals surface area contributed by atoms with Gasteiger partial charge in [0.15, 0.2) is 6.10 Å². The van der Waals surface area contributed by atoms with Gasteiger partial charge in [-0.1, -0.05) is 26.0 Å². The molecule has 2 aromatic rings. The lowest BCUT2D eigenvalue weighted by molar-refractivity contribution is -0.135. The summed E-state index contributed by atoms with van der Waals surface area (Å²) in [5.74, 6) is -0.980. The standard InChI is InChI=1S/C22H26N2O5/c1-13(2)18-10-5-14(3)11-19(18)29-15(4)21(27)24-17-8-6-16(7-9-17)22(28)23-12-20(25)26/h5-11,13,15H,12H2,1-4H3,(H,23,28)(H,24,27)(H,25,26). The number of rotatable bonds is 8. The van der Waals surface area contributed by atoms with Crippen molar-refractivity contribution < 1.29 is 24.2 Å². The highest BCUT2D eigenvalue weighted by Gasteiger charge is 2.18. The van der Waals surface area contributed by atoms with E-state index < -0.39 is 24.5 Å². The Labute approximate surface area is 170 Å². The molecule has 2 amide bonds. The zero-order chi connectivity index (χ0) is 21.6. The number of amides is 2. The van der Waals surface area contributed by atoms with Gasteiger partial charge in [-0.3, -0.25) is 14.4 Å². The molecule has 2 rings (SSSR count). The maximum atomic E-state index is 12.5. The third kappa shape index (κ3) is 6.34. The van der Waals surface area contributed by atoms with Gasteiger partial charge in [0.1, 0.15) is 12.3 Å². The fraction of sp³-hybridized carbons (Fsp3) is 0.318. The molecule has 3 N–H and O–H groups in total. The number of anilines is 1. The molecule has 0 bridgehead atoms. The van der Waals surface area contributed by atoms with Crippen molar-refractivity contribution in [1.29, 1.82) is 0 Å². The summed E-state index contributed by atoms with van der Waals surface area (Å²) in [6, 6.07) is 12.1. The second kappa shape index (κ2) is 9.73. The van der Waals surface area contributed by atoms with Crippen molar-refractivity contribution in [3.05, 3.63) is 59.2 Å². The summed E-state index contributed by atoms with van der Waals surface area (Å²) in [6.45, 7) is 7.32. The van der Waals surface area contributed by atoms with Crippen LogP contribution in [0.15, 0.2) is 42.5 Å². The molecule has 0 aliphatic heterocycles. The van der Waals surface area contributed by atoms with Crippen LogP contribution in [0.25, 0.3) is 0 Å². The van der Waals surface area contributed by atoms with Crippen LogP contribution in [0.2, 0.25) is 0 Å². The molecular weight excluding hydrogens is 372 g/mol. The Kier molecular flexibility index (Phi) is 7.36. The van der Waals surface area contributed by atoms with Gasteiger partial charge in [0.05, 0.1) is 0 Å². The molecule has 1 unspecified atom stereocenters. The molecule has 0 saturated heterocycles. The average molecular weight is 398 g/mol. The molecule has 0 heterocycles. The summed E-state index contributed by atoms with van der Waals surface area (Å²) in [7, 11) is 0. The van der Waals surface area contributed by atoms with E-state index in [0.29, 0.717) is 17.0 Å². The van der Waals surface area contributed by atoms with E-state index >= 15 is 0 Å². The van der Waals surface area contributed by atoms with Crippen LogP contribution in [0.4, 0.5) is 5.69 Å². The second-order valence-electron chi connectivity index (χ2n) is 7.10. The van der Waals surface area contributed by atoms with Crippen LogP contribution in [0, 0.1) is 6.92 Å². The van der Waals surface area contributed by atoms with Crippen LogP contribution < -0.4 is 15.4 Å². The van der Waals surface area contributed by atoms with E-state index in [9.17, 15) is 14.4 Å². The number of hydrogen-bond donors (Lipinski definition) is 3. The Morgan fingerprint density at radius 3 is 2.28 bits per heavy atom. The topological polar surface area (TPSA) is 105 Å². The van der Waals surface area contributed by atoms with E-state index in [4.69, 9.17) is 9.84 Å². The van der Waals surface area contributed by atoms with Crippen molar-refractivity contribution in [2.24, 2.45) is 0 Å². The number of aryl methyl sites for hydroxylation is 1. The number of hydrogen-bond acceptors (Lipinski definition) is 4. The molecule has 0 aliphatic rings. The van der Waals surface area contributed by atoms with Gasteiger partial charge in [-0.05, 0) is 61.2 Å². The highest BCUT2D eigenvalue weighted by atomic mass is 16.5. The van der Waals surface area contributed by atoms with Gasteiger partial charge >= 0.3 is 5.97 Å². The number of carboxylic acid groups (broad SMARTS) is 1. The molecule has 0 fully saturated rings. The molecule has 2 aromatic carbocycles. The molecule has 0 radical (unpaired) electrons. The zero-order valence-corrected chi connectivity index (χ0v) is 17.0. The predicted octanol–water partition coefficient (Wildman–Crippen LogP) is 3.34. The molecule has 0 aliphatic carbocycles. The molecule has 154 valence electrons. The Morgan fingerprint density at radius 2 is 1.69 bits per heavy atom. The molecular formula is C22H26N2O5. The summed E-state index contributed by atoms with van der Waals surface area (Å²) in [5, 5.41) is 13.6. The first-order chi connectivity index (χ1) is 13.7. The molecule has 1 atom stereocenters. The smallest absolute Gasteiger partial charge is 0.322 e. The molecule has 29 heavy (non-hydrogen) atoms. The second-order valence-corrected chi connectivity index (χ2v) is 7.10. The molecule has 7 heteroatoms. The van der Waals surface area contributed by atoms with Crippen molar-refractivity contribution >= 4 is 23.5 Å². The van der Waals surface area contributed by atoms with Crippen LogP contribution in [0.1, 0.15) is 48.2 Å². The van der Waals surface area contributed by atoms with E-state index in [1.165, 1.54) is 12.1 Å². The van der Waals surface area contributed by atoms with E-state index in [2.05, 4.69) is 24.5 Å². The lowest BCUT2D eigenvalue weighted by Crippen LogP contribution is -2.30. The minimum absolute atomic E-state index is 0.265. The van der Waals surface area contributed by atoms with E-state index in [1.807, 2.05) is 25.1 Å². The van der Waals surface area contributed by atoms with Crippen molar-refractivity contribution in [2.75, 3.05) is 11.9 Å². The molecule has 0 saturated carbocycles. The van der Waals surface area contributed by atoms with Crippen LogP contribution in [0.5, 0.6) is 5.75 Å². The Morgan fingerprint density at radius 1 is 1.03 bits per heavy atom. The zero-order valence-electron chi connectivity index (χ0n) is 17.0. The molecule has 0 aromatic heterocycles. The SMILES string of the molecule is Cc1ccc(C(C)C)c(OC(C)C(=O)Nc2ccc(C(=O)NCC(=O)O)cc2)c1. The van der Waals surface area contributed by atoms with Crippen LogP contribution in [0.3, 0.4) is 0 Å². The Hall–Kier alpha value is -3.35. The number of nitrogens with one attached hydrogen (secondary N) is 2. The Bertz CT molecular complexity index is 891. The van der Waals surface area contributed by atoms with Crippen molar-refractivity contribution in [1.82, 2.24) is 5.32 Å². The summed E-state index contributed by atoms with van der Waals surface area (Å²) < 4.78 is 5.91. The number of aliphatic carboxylic acids is 1. The number of carbonyl (C=O) groups excluding carboxylic acids is 2. The van der Waals surface area contributed by atoms with Crippen molar-refractivity contribution in [3.8, 4) is 5.75 Å². The molecule has 7 nitrogen and oxygen atoms in total. The van der Waals surface area contributed by atoms with E-state index in [1.54, 1.807) is 19.1 Å². The van der Waals surface area contributed by atoms with Gasteiger partial charge in [0.2, 0.25) is 0 Å². The quantitative estimate of drug-likeness (QED) is 0.633. The molecule has 0 spiro atoms. The van der Waals surface area contributed by atoms with Crippen LogP contribution in [-0.4, -0.2) is 35.5 Å². The highest BCUT2D eigenvalue weighted by molar-refractivity contribution is 5.97. The first kappa shape index (κ1) is 21.9. The number of carbonyl (C=O) groups is 3. The fourth-order valence-electron chi connectivity index (χ4n) is 2.67. The predicted molar refractivity (Wildman–Crippen MR) is 110 cm³/mol. The van der Waals surface area contributed by atoms with Gasteiger partial charge in [-0.15, -0.1) is 0 Å². The first-order valence-corrected chi connectivity index (χ1v) is 9.35. The van der Waals surface area contributed by atoms with Gasteiger partial charge < -0.3 is 20.5 Å². The van der Waals surface area contributed by atoms with E-state index in [-0.39, 0.29) is 11.8 Å². The van der Waals surface area contributed by atoms with Gasteiger partial charge in [-0.2, -0.15) is 0 Å². The maximum absolute atomic E-state index is 12.5. The lowest BCUT2D eigenvalue weighted by atomic mass is 10.0. The largest absolute Gasteiger partial charge is 0.481 e. The monoisotopic (exact) mass is 398 g/mol. The maximum Gasteiger partial charge on any atom is 0.322 e. The Balaban J connectivity index is 2.00. The minimum atomic E-state index is -1.12. The minimum Gasteiger partial charge on any atom is -0.481 e. The number of carboxylic acids is 1. The van der Waals surface area contributed by atoms with Crippen molar-refractivity contribution in [2.45, 2.75) is 39.7 Å². The van der Waals surface area contributed by atoms with Crippen LogP contribution >= 0.6 is 0 Å². The summed E-state index contributed by atoms with van der Waals surface area (Å²) >= 11 is 0.